The number of rotatable bonds is 8. The molecule has 1 aliphatic rings. The summed E-state index contributed by atoms with van der Waals surface area (Å²) < 4.78 is 19.0. The molecular weight excluding hydrogens is 451 g/mol. The summed E-state index contributed by atoms with van der Waals surface area (Å²) in [6.07, 6.45) is 2.45. The molecule has 1 aromatic heterocycles. The maximum Gasteiger partial charge on any atom is 0.254 e. The number of hydrogen-bond donors (Lipinski definition) is 0. The Labute approximate surface area is 203 Å². The fourth-order valence-corrected chi connectivity index (χ4v) is 5.29. The monoisotopic (exact) mass is 480 g/mol. The highest BCUT2D eigenvalue weighted by atomic mass is 32.1. The molecule has 3 aromatic rings. The molecule has 2 aromatic carbocycles. The van der Waals surface area contributed by atoms with E-state index in [4.69, 9.17) is 4.74 Å². The predicted molar refractivity (Wildman–Crippen MR) is 132 cm³/mol. The van der Waals surface area contributed by atoms with Gasteiger partial charge < -0.3 is 14.5 Å². The second kappa shape index (κ2) is 10.8. The van der Waals surface area contributed by atoms with E-state index in [-0.39, 0.29) is 30.0 Å². The molecule has 0 radical (unpaired) electrons. The maximum atomic E-state index is 13.7. The van der Waals surface area contributed by atoms with Crippen molar-refractivity contribution in [2.45, 2.75) is 32.2 Å². The average Bonchev–Trinajstić information content (AvgIpc) is 3.34. The van der Waals surface area contributed by atoms with E-state index in [1.165, 1.54) is 23.1 Å². The van der Waals surface area contributed by atoms with E-state index in [2.05, 4.69) is 11.4 Å². The molecule has 1 aliphatic heterocycles. The number of carbonyl (C=O) groups excluding carboxylic acids is 2. The summed E-state index contributed by atoms with van der Waals surface area (Å²) >= 11 is 1.71. The van der Waals surface area contributed by atoms with Crippen LogP contribution in [0.1, 0.15) is 52.2 Å². The molecule has 0 spiro atoms. The zero-order chi connectivity index (χ0) is 24.1. The lowest BCUT2D eigenvalue weighted by Crippen LogP contribution is -2.47. The Hall–Kier alpha value is -3.19. The molecular formula is C27H29FN2O3S. The minimum Gasteiger partial charge on any atom is -0.497 e. The fraction of sp³-hybridized carbons (Fsp3) is 0.333. The first kappa shape index (κ1) is 24.0. The molecule has 34 heavy (non-hydrogen) atoms. The smallest absolute Gasteiger partial charge is 0.254 e. The number of benzene rings is 2. The van der Waals surface area contributed by atoms with Crippen molar-refractivity contribution < 1.29 is 18.7 Å². The van der Waals surface area contributed by atoms with E-state index in [9.17, 15) is 14.0 Å². The van der Waals surface area contributed by atoms with E-state index >= 15 is 0 Å². The van der Waals surface area contributed by atoms with Gasteiger partial charge in [0.05, 0.1) is 13.2 Å². The molecule has 0 saturated heterocycles. The van der Waals surface area contributed by atoms with E-state index in [0.29, 0.717) is 13.1 Å². The summed E-state index contributed by atoms with van der Waals surface area (Å²) in [6.45, 7) is 3.03. The summed E-state index contributed by atoms with van der Waals surface area (Å²) in [6, 6.07) is 15.3. The van der Waals surface area contributed by atoms with Crippen molar-refractivity contribution in [2.75, 3.05) is 26.7 Å². The fourth-order valence-electron chi connectivity index (χ4n) is 4.39. The molecule has 0 aliphatic carbocycles. The van der Waals surface area contributed by atoms with Gasteiger partial charge in [0, 0.05) is 23.5 Å². The molecule has 0 saturated carbocycles. The third-order valence-corrected chi connectivity index (χ3v) is 7.18. The SMILES string of the molecule is CCCCN(CC(=O)N1CCc2sccc2C1c1ccc(OC)cc1)C(=O)c1cccc(F)c1. The van der Waals surface area contributed by atoms with Crippen molar-refractivity contribution in [3.05, 3.63) is 87.4 Å². The topological polar surface area (TPSA) is 49.9 Å². The summed E-state index contributed by atoms with van der Waals surface area (Å²) in [5, 5.41) is 2.07. The van der Waals surface area contributed by atoms with Crippen LogP contribution in [-0.4, -0.2) is 48.4 Å². The zero-order valence-corrected chi connectivity index (χ0v) is 20.3. The molecule has 2 amide bonds. The second-order valence-corrected chi connectivity index (χ2v) is 9.40. The standard InChI is InChI=1S/C27H29FN2O3S/c1-3-4-14-29(27(32)20-6-5-7-21(28)17-20)18-25(31)30-15-12-24-23(13-16-34-24)26(30)19-8-10-22(33-2)11-9-19/h5-11,13,16-17,26H,3-4,12,14-15,18H2,1-2H3. The molecule has 0 N–H and O–H groups in total. The highest BCUT2D eigenvalue weighted by Gasteiger charge is 2.34. The van der Waals surface area contributed by atoms with Gasteiger partial charge in [-0.3, -0.25) is 9.59 Å². The Balaban J connectivity index is 1.61. The van der Waals surface area contributed by atoms with Crippen LogP contribution in [0.4, 0.5) is 4.39 Å². The summed E-state index contributed by atoms with van der Waals surface area (Å²) in [4.78, 5) is 31.5. The number of amides is 2. The molecule has 2 heterocycles. The minimum absolute atomic E-state index is 0.0402. The van der Waals surface area contributed by atoms with E-state index < -0.39 is 5.82 Å². The molecule has 4 rings (SSSR count). The van der Waals surface area contributed by atoms with Gasteiger partial charge in [0.15, 0.2) is 0 Å². The predicted octanol–water partition coefficient (Wildman–Crippen LogP) is 5.31. The normalized spacial score (nSPS) is 15.0. The van der Waals surface area contributed by atoms with Gasteiger partial charge in [-0.1, -0.05) is 31.5 Å². The van der Waals surface area contributed by atoms with Crippen LogP contribution in [0.5, 0.6) is 5.75 Å². The largest absolute Gasteiger partial charge is 0.497 e. The van der Waals surface area contributed by atoms with Crippen LogP contribution in [0.25, 0.3) is 0 Å². The average molecular weight is 481 g/mol. The Morgan fingerprint density at radius 1 is 1.18 bits per heavy atom. The molecule has 5 nitrogen and oxygen atoms in total. The summed E-state index contributed by atoms with van der Waals surface area (Å²) in [7, 11) is 1.63. The zero-order valence-electron chi connectivity index (χ0n) is 19.5. The number of hydrogen-bond acceptors (Lipinski definition) is 4. The Morgan fingerprint density at radius 3 is 2.68 bits per heavy atom. The lowest BCUT2D eigenvalue weighted by Gasteiger charge is -2.37. The van der Waals surface area contributed by atoms with E-state index in [0.717, 1.165) is 36.1 Å². The lowest BCUT2D eigenvalue weighted by molar-refractivity contribution is -0.134. The van der Waals surface area contributed by atoms with Crippen molar-refractivity contribution >= 4 is 23.2 Å². The molecule has 0 fully saturated rings. The van der Waals surface area contributed by atoms with Crippen molar-refractivity contribution in [3.63, 3.8) is 0 Å². The van der Waals surface area contributed by atoms with Crippen molar-refractivity contribution in [1.82, 2.24) is 9.80 Å². The number of ether oxygens (including phenoxy) is 1. The van der Waals surface area contributed by atoms with Gasteiger partial charge in [0.1, 0.15) is 18.1 Å². The third-order valence-electron chi connectivity index (χ3n) is 6.18. The van der Waals surface area contributed by atoms with Crippen LogP contribution >= 0.6 is 11.3 Å². The van der Waals surface area contributed by atoms with Crippen LogP contribution in [0, 0.1) is 5.82 Å². The third kappa shape index (κ3) is 5.14. The van der Waals surface area contributed by atoms with Crippen LogP contribution in [0.3, 0.4) is 0 Å². The van der Waals surface area contributed by atoms with Crippen LogP contribution in [0.2, 0.25) is 0 Å². The maximum absolute atomic E-state index is 13.7. The number of nitrogens with zero attached hydrogens (tertiary/aromatic N) is 2. The Bertz CT molecular complexity index is 1140. The quantitative estimate of drug-likeness (QED) is 0.439. The van der Waals surface area contributed by atoms with Gasteiger partial charge in [0.25, 0.3) is 5.91 Å². The number of carbonyl (C=O) groups is 2. The highest BCUT2D eigenvalue weighted by Crippen LogP contribution is 2.38. The van der Waals surface area contributed by atoms with Crippen LogP contribution in [-0.2, 0) is 11.2 Å². The van der Waals surface area contributed by atoms with Crippen LogP contribution < -0.4 is 4.74 Å². The molecule has 0 bridgehead atoms. The van der Waals surface area contributed by atoms with Gasteiger partial charge >= 0.3 is 0 Å². The first-order valence-corrected chi connectivity index (χ1v) is 12.4. The molecule has 7 heteroatoms. The van der Waals surface area contributed by atoms with E-state index in [1.54, 1.807) is 29.4 Å². The summed E-state index contributed by atoms with van der Waals surface area (Å²) in [5.41, 5.74) is 2.39. The lowest BCUT2D eigenvalue weighted by atomic mass is 9.93. The number of halogens is 1. The van der Waals surface area contributed by atoms with Crippen molar-refractivity contribution in [2.24, 2.45) is 0 Å². The first-order chi connectivity index (χ1) is 16.5. The number of fused-ring (bicyclic) bond motifs is 1. The Morgan fingerprint density at radius 2 is 1.97 bits per heavy atom. The van der Waals surface area contributed by atoms with Gasteiger partial charge in [-0.15, -0.1) is 11.3 Å². The Kier molecular flexibility index (Phi) is 7.63. The van der Waals surface area contributed by atoms with Gasteiger partial charge in [0.2, 0.25) is 5.91 Å². The van der Waals surface area contributed by atoms with E-state index in [1.807, 2.05) is 36.1 Å². The number of methoxy groups -OCH3 is 1. The minimum atomic E-state index is -0.465. The molecule has 178 valence electrons. The molecule has 1 unspecified atom stereocenters. The second-order valence-electron chi connectivity index (χ2n) is 8.40. The molecule has 1 atom stereocenters. The van der Waals surface area contributed by atoms with Gasteiger partial charge in [-0.25, -0.2) is 4.39 Å². The highest BCUT2D eigenvalue weighted by molar-refractivity contribution is 7.10. The first-order valence-electron chi connectivity index (χ1n) is 11.6. The number of thiophene rings is 1. The van der Waals surface area contributed by atoms with Crippen molar-refractivity contribution in [3.8, 4) is 5.75 Å². The number of unbranched alkanes of at least 4 members (excludes halogenated alkanes) is 1. The summed E-state index contributed by atoms with van der Waals surface area (Å²) in [5.74, 6) is -0.142. The van der Waals surface area contributed by atoms with Crippen molar-refractivity contribution in [1.29, 1.82) is 0 Å². The van der Waals surface area contributed by atoms with Crippen LogP contribution in [0.15, 0.2) is 60.0 Å². The van der Waals surface area contributed by atoms with Gasteiger partial charge in [-0.05, 0) is 65.7 Å². The van der Waals surface area contributed by atoms with Gasteiger partial charge in [-0.2, -0.15) is 0 Å².